The van der Waals surface area contributed by atoms with Gasteiger partial charge in [0, 0.05) is 36.5 Å². The number of hydrogen-bond donors (Lipinski definition) is 5. The number of benzene rings is 3. The fourth-order valence-corrected chi connectivity index (χ4v) is 4.40. The second kappa shape index (κ2) is 13.3. The summed E-state index contributed by atoms with van der Waals surface area (Å²) in [6.07, 6.45) is 4.24. The maximum absolute atomic E-state index is 9.97. The maximum atomic E-state index is 9.97. The van der Waals surface area contributed by atoms with Crippen LogP contribution in [0.5, 0.6) is 11.5 Å². The van der Waals surface area contributed by atoms with Gasteiger partial charge in [0.05, 0.1) is 18.8 Å². The summed E-state index contributed by atoms with van der Waals surface area (Å²) in [4.78, 5) is 32.1. The van der Waals surface area contributed by atoms with Gasteiger partial charge in [-0.15, -0.1) is 0 Å². The zero-order chi connectivity index (χ0) is 29.3. The number of aromatic amines is 1. The number of carboxylic acid groups (broad SMARTS) is 1. The first-order chi connectivity index (χ1) is 20.4. The van der Waals surface area contributed by atoms with Gasteiger partial charge in [-0.25, -0.2) is 0 Å². The molecule has 0 spiro atoms. The number of carbonyl (C=O) groups excluding carboxylic acids is 1. The van der Waals surface area contributed by atoms with Gasteiger partial charge in [-0.05, 0) is 59.7 Å². The maximum Gasteiger partial charge on any atom is 0.322 e. The third-order valence-corrected chi connectivity index (χ3v) is 6.45. The second-order valence-corrected chi connectivity index (χ2v) is 9.68. The average molecular weight is 565 g/mol. The molecule has 1 aromatic heterocycles. The number of aromatic nitrogens is 1. The number of carbonyl (C=O) groups is 2. The number of aliphatic imine (C=N–C) groups is 2. The molecule has 0 unspecified atom stereocenters. The van der Waals surface area contributed by atoms with Crippen LogP contribution in [0.1, 0.15) is 29.3 Å². The molecule has 10 nitrogen and oxygen atoms in total. The fraction of sp³-hybridized carbons (Fsp3) is 0.188. The largest absolute Gasteiger partial charge is 0.480 e. The highest BCUT2D eigenvalue weighted by Gasteiger charge is 2.11. The number of carboxylic acids is 1. The minimum Gasteiger partial charge on any atom is -0.480 e. The molecule has 0 fully saturated rings. The van der Waals surface area contributed by atoms with Crippen LogP contribution in [-0.4, -0.2) is 66.4 Å². The third-order valence-electron chi connectivity index (χ3n) is 6.45. The predicted octanol–water partition coefficient (Wildman–Crippen LogP) is 4.04. The fourth-order valence-electron chi connectivity index (χ4n) is 4.40. The molecule has 5 N–H and O–H groups in total. The van der Waals surface area contributed by atoms with E-state index in [1.165, 1.54) is 12.3 Å². The molecule has 0 atom stereocenters. The SMILES string of the molecule is C(=C\c1ccc2cc(C3=NCCN3)[nH]c2c1)/c1ccc(Oc2ccc(C3=NCCN3)cc2)cc1.CC(=O)NCC(=O)O. The van der Waals surface area contributed by atoms with E-state index in [2.05, 4.69) is 79.5 Å². The van der Waals surface area contributed by atoms with Crippen LogP contribution in [0.2, 0.25) is 0 Å². The number of amides is 1. The Morgan fingerprint density at radius 1 is 0.857 bits per heavy atom. The van der Waals surface area contributed by atoms with Crippen molar-refractivity contribution in [3.8, 4) is 11.5 Å². The number of nitrogens with one attached hydrogen (secondary N) is 4. The summed E-state index contributed by atoms with van der Waals surface area (Å²) in [6.45, 7) is 4.46. The van der Waals surface area contributed by atoms with Gasteiger partial charge in [0.1, 0.15) is 29.7 Å². The Kier molecular flexibility index (Phi) is 8.93. The molecule has 0 bridgehead atoms. The van der Waals surface area contributed by atoms with E-state index in [4.69, 9.17) is 9.84 Å². The molecule has 3 heterocycles. The number of amidine groups is 2. The summed E-state index contributed by atoms with van der Waals surface area (Å²) >= 11 is 0. The van der Waals surface area contributed by atoms with Crippen molar-refractivity contribution in [1.82, 2.24) is 20.9 Å². The number of aliphatic carboxylic acids is 1. The molecule has 42 heavy (non-hydrogen) atoms. The van der Waals surface area contributed by atoms with E-state index in [1.54, 1.807) is 0 Å². The highest BCUT2D eigenvalue weighted by Crippen LogP contribution is 2.24. The van der Waals surface area contributed by atoms with Gasteiger partial charge in [-0.2, -0.15) is 0 Å². The first kappa shape index (κ1) is 28.2. The number of fused-ring (bicyclic) bond motifs is 1. The molecular weight excluding hydrogens is 532 g/mol. The number of H-pyrrole nitrogens is 1. The Bertz CT molecular complexity index is 1640. The highest BCUT2D eigenvalue weighted by molar-refractivity contribution is 6.02. The van der Waals surface area contributed by atoms with E-state index in [0.717, 1.165) is 77.3 Å². The first-order valence-electron chi connectivity index (χ1n) is 13.7. The van der Waals surface area contributed by atoms with Crippen LogP contribution in [0.15, 0.2) is 82.8 Å². The Labute approximate surface area is 243 Å². The van der Waals surface area contributed by atoms with Crippen LogP contribution in [-0.2, 0) is 9.59 Å². The first-order valence-corrected chi connectivity index (χ1v) is 13.7. The molecule has 2 aliphatic heterocycles. The molecule has 10 heteroatoms. The van der Waals surface area contributed by atoms with Gasteiger partial charge in [0.25, 0.3) is 0 Å². The topological polar surface area (TPSA) is 140 Å². The summed E-state index contributed by atoms with van der Waals surface area (Å²) < 4.78 is 6.00. The van der Waals surface area contributed by atoms with E-state index in [0.29, 0.717) is 0 Å². The predicted molar refractivity (Wildman–Crippen MR) is 165 cm³/mol. The van der Waals surface area contributed by atoms with Crippen molar-refractivity contribution < 1.29 is 19.4 Å². The summed E-state index contributed by atoms with van der Waals surface area (Å²) in [5.74, 6) is 2.17. The lowest BCUT2D eigenvalue weighted by Crippen LogP contribution is -2.26. The lowest BCUT2D eigenvalue weighted by molar-refractivity contribution is -0.137. The van der Waals surface area contributed by atoms with Crippen LogP contribution in [0.25, 0.3) is 23.1 Å². The Balaban J connectivity index is 0.000000390. The monoisotopic (exact) mass is 564 g/mol. The van der Waals surface area contributed by atoms with E-state index < -0.39 is 5.97 Å². The smallest absolute Gasteiger partial charge is 0.322 e. The summed E-state index contributed by atoms with van der Waals surface area (Å²) in [5, 5.41) is 17.8. The summed E-state index contributed by atoms with van der Waals surface area (Å²) in [6, 6.07) is 24.7. The van der Waals surface area contributed by atoms with Crippen molar-refractivity contribution >= 4 is 46.6 Å². The number of rotatable bonds is 8. The van der Waals surface area contributed by atoms with Gasteiger partial charge < -0.3 is 30.8 Å². The Hall–Kier alpha value is -5.38. The van der Waals surface area contributed by atoms with Gasteiger partial charge in [0.15, 0.2) is 0 Å². The van der Waals surface area contributed by atoms with E-state index in [1.807, 2.05) is 36.4 Å². The van der Waals surface area contributed by atoms with Gasteiger partial charge in [-0.1, -0.05) is 36.4 Å². The zero-order valence-electron chi connectivity index (χ0n) is 23.2. The Morgan fingerprint density at radius 2 is 1.48 bits per heavy atom. The minimum absolute atomic E-state index is 0.296. The number of nitrogens with zero attached hydrogens (tertiary/aromatic N) is 2. The molecule has 1 amide bonds. The normalized spacial score (nSPS) is 13.9. The van der Waals surface area contributed by atoms with Crippen LogP contribution in [0.3, 0.4) is 0 Å². The Morgan fingerprint density at radius 3 is 2.07 bits per heavy atom. The molecule has 6 rings (SSSR count). The molecule has 0 saturated heterocycles. The highest BCUT2D eigenvalue weighted by atomic mass is 16.5. The van der Waals surface area contributed by atoms with Crippen molar-refractivity contribution in [3.05, 3.63) is 95.2 Å². The third kappa shape index (κ3) is 7.63. The second-order valence-electron chi connectivity index (χ2n) is 9.68. The molecule has 214 valence electrons. The van der Waals surface area contributed by atoms with Crippen molar-refractivity contribution in [3.63, 3.8) is 0 Å². The van der Waals surface area contributed by atoms with Crippen LogP contribution in [0, 0.1) is 0 Å². The molecule has 0 saturated carbocycles. The van der Waals surface area contributed by atoms with Crippen molar-refractivity contribution in [2.24, 2.45) is 9.98 Å². The van der Waals surface area contributed by atoms with Crippen LogP contribution >= 0.6 is 0 Å². The van der Waals surface area contributed by atoms with Gasteiger partial charge >= 0.3 is 5.97 Å². The van der Waals surface area contributed by atoms with Crippen molar-refractivity contribution in [2.45, 2.75) is 6.92 Å². The molecule has 2 aliphatic rings. The molecule has 3 aromatic carbocycles. The average Bonchev–Trinajstić information content (AvgIpc) is 3.78. The lowest BCUT2D eigenvalue weighted by Gasteiger charge is -2.07. The molecule has 0 radical (unpaired) electrons. The van der Waals surface area contributed by atoms with E-state index >= 15 is 0 Å². The van der Waals surface area contributed by atoms with Crippen molar-refractivity contribution in [1.29, 1.82) is 0 Å². The lowest BCUT2D eigenvalue weighted by atomic mass is 10.1. The van der Waals surface area contributed by atoms with Gasteiger partial charge in [-0.3, -0.25) is 19.6 Å². The van der Waals surface area contributed by atoms with E-state index in [9.17, 15) is 9.59 Å². The quantitative estimate of drug-likeness (QED) is 0.205. The van der Waals surface area contributed by atoms with E-state index in [-0.39, 0.29) is 12.5 Å². The van der Waals surface area contributed by atoms with Crippen molar-refractivity contribution in [2.75, 3.05) is 32.7 Å². The molecular formula is C32H32N6O4. The summed E-state index contributed by atoms with van der Waals surface area (Å²) in [5.41, 5.74) is 5.50. The molecule has 0 aliphatic carbocycles. The zero-order valence-corrected chi connectivity index (χ0v) is 23.2. The molecule has 4 aromatic rings. The summed E-state index contributed by atoms with van der Waals surface area (Å²) in [7, 11) is 0. The van der Waals surface area contributed by atoms with Crippen LogP contribution in [0.4, 0.5) is 0 Å². The minimum atomic E-state index is -1.03. The number of ether oxygens (including phenoxy) is 1. The number of hydrogen-bond acceptors (Lipinski definition) is 7. The van der Waals surface area contributed by atoms with Gasteiger partial charge in [0.2, 0.25) is 5.91 Å². The standard InChI is InChI=1S/C28H25N5O.C4H7NO3/c1(2-20-3-6-22-18-26(33-25(22)17-20)28-31-15-16-32-28)19-4-9-23(10-5-19)34-24-11-7-21(8-12-24)27-29-13-14-30-27;1-3(6)5-2-4(7)8/h1-12,17-18,33H,13-16H2,(H,29,30)(H,31,32);2H2,1H3,(H,5,6)(H,7,8)/b2-1+;. The van der Waals surface area contributed by atoms with Crippen LogP contribution < -0.4 is 20.7 Å².